The lowest BCUT2D eigenvalue weighted by molar-refractivity contribution is -0.138. The quantitative estimate of drug-likeness (QED) is 0.908. The van der Waals surface area contributed by atoms with Crippen LogP contribution in [0.4, 0.5) is 13.2 Å². The molecule has 1 aromatic rings. The van der Waals surface area contributed by atoms with Crippen LogP contribution in [0.25, 0.3) is 0 Å². The van der Waals surface area contributed by atoms with E-state index in [0.29, 0.717) is 0 Å². The Balaban J connectivity index is 0.00000200. The molecule has 1 aliphatic rings. The van der Waals surface area contributed by atoms with Crippen LogP contribution in [0.5, 0.6) is 0 Å². The van der Waals surface area contributed by atoms with E-state index in [1.54, 1.807) is 18.5 Å². The number of nitrogens with one attached hydrogen (secondary N) is 1. The number of pyridine rings is 1. The topological polar surface area (TPSA) is 28.2 Å². The van der Waals surface area contributed by atoms with E-state index >= 15 is 0 Å². The smallest absolute Gasteiger partial charge is 0.314 e. The van der Waals surface area contributed by atoms with Crippen LogP contribution in [-0.4, -0.2) is 42.2 Å². The average Bonchev–Trinajstić information content (AvgIpc) is 2.40. The van der Waals surface area contributed by atoms with Crippen LogP contribution >= 0.6 is 24.8 Å². The molecule has 0 amide bonds. The van der Waals surface area contributed by atoms with Crippen LogP contribution in [0, 0.1) is 0 Å². The highest BCUT2D eigenvalue weighted by Gasteiger charge is 2.31. The summed E-state index contributed by atoms with van der Waals surface area (Å²) in [6, 6.07) is 3.44. The van der Waals surface area contributed by atoms with Gasteiger partial charge in [0.2, 0.25) is 0 Å². The van der Waals surface area contributed by atoms with Gasteiger partial charge in [0.15, 0.2) is 0 Å². The van der Waals surface area contributed by atoms with Crippen LogP contribution in [0.2, 0.25) is 0 Å². The Morgan fingerprint density at radius 3 is 2.43 bits per heavy atom. The van der Waals surface area contributed by atoms with Crippen molar-refractivity contribution >= 4 is 24.8 Å². The molecule has 1 atom stereocenters. The van der Waals surface area contributed by atoms with Crippen molar-refractivity contribution < 1.29 is 13.2 Å². The fourth-order valence-corrected chi connectivity index (χ4v) is 2.43. The number of nitrogens with zero attached hydrogens (tertiary/aromatic N) is 2. The van der Waals surface area contributed by atoms with Crippen molar-refractivity contribution in [2.45, 2.75) is 25.1 Å². The Labute approximate surface area is 135 Å². The molecular weight excluding hydrogens is 326 g/mol. The van der Waals surface area contributed by atoms with Gasteiger partial charge < -0.3 is 5.32 Å². The Morgan fingerprint density at radius 1 is 1.24 bits per heavy atom. The molecule has 1 aromatic heterocycles. The zero-order valence-electron chi connectivity index (χ0n) is 11.5. The molecule has 1 fully saturated rings. The molecule has 1 saturated heterocycles. The summed E-state index contributed by atoms with van der Waals surface area (Å²) in [5.74, 6) is 0. The minimum Gasteiger partial charge on any atom is -0.314 e. The summed E-state index contributed by atoms with van der Waals surface area (Å²) in [6.07, 6.45) is -1.45. The van der Waals surface area contributed by atoms with E-state index in [-0.39, 0.29) is 37.3 Å². The summed E-state index contributed by atoms with van der Waals surface area (Å²) in [5.41, 5.74) is 0.869. The summed E-state index contributed by atoms with van der Waals surface area (Å²) in [4.78, 5) is 6.13. The van der Waals surface area contributed by atoms with Gasteiger partial charge in [-0.2, -0.15) is 13.2 Å². The third kappa shape index (κ3) is 6.82. The van der Waals surface area contributed by atoms with Crippen molar-refractivity contribution in [3.8, 4) is 0 Å². The molecular formula is C13H20Cl2F3N3. The van der Waals surface area contributed by atoms with Gasteiger partial charge in [0, 0.05) is 51.0 Å². The van der Waals surface area contributed by atoms with Gasteiger partial charge in [-0.25, -0.2) is 0 Å². The van der Waals surface area contributed by atoms with Gasteiger partial charge in [-0.05, 0) is 18.1 Å². The molecule has 3 nitrogen and oxygen atoms in total. The summed E-state index contributed by atoms with van der Waals surface area (Å²) >= 11 is 0. The van der Waals surface area contributed by atoms with Crippen molar-refractivity contribution in [3.63, 3.8) is 0 Å². The highest BCUT2D eigenvalue weighted by atomic mass is 35.5. The standard InChI is InChI=1S/C13H18F3N3.2ClH/c14-13(15,16)4-3-12(11-2-1-5-18-10-11)19-8-6-17-7-9-19;;/h1-2,5,10,12,17H,3-4,6-9H2;2*1H/t12-;;/m1../s1. The summed E-state index contributed by atoms with van der Waals surface area (Å²) in [7, 11) is 0. The third-order valence-corrected chi connectivity index (χ3v) is 3.36. The number of aromatic nitrogens is 1. The number of alkyl halides is 3. The molecule has 21 heavy (non-hydrogen) atoms. The Kier molecular flexibility index (Phi) is 9.20. The lowest BCUT2D eigenvalue weighted by Gasteiger charge is -2.35. The zero-order valence-corrected chi connectivity index (χ0v) is 13.1. The van der Waals surface area contributed by atoms with Crippen molar-refractivity contribution in [1.29, 1.82) is 0 Å². The molecule has 2 rings (SSSR count). The van der Waals surface area contributed by atoms with E-state index in [0.717, 1.165) is 31.7 Å². The van der Waals surface area contributed by atoms with Gasteiger partial charge in [-0.1, -0.05) is 6.07 Å². The predicted molar refractivity (Wildman–Crippen MR) is 81.2 cm³/mol. The lowest BCUT2D eigenvalue weighted by atomic mass is 10.0. The van der Waals surface area contributed by atoms with Crippen molar-refractivity contribution in [2.24, 2.45) is 0 Å². The first-order valence-electron chi connectivity index (χ1n) is 6.48. The molecule has 1 aliphatic heterocycles. The van der Waals surface area contributed by atoms with Crippen LogP contribution in [0.15, 0.2) is 24.5 Å². The molecule has 122 valence electrons. The highest BCUT2D eigenvalue weighted by molar-refractivity contribution is 5.85. The van der Waals surface area contributed by atoms with E-state index in [9.17, 15) is 13.2 Å². The maximum Gasteiger partial charge on any atom is 0.389 e. The average molecular weight is 346 g/mol. The number of piperazine rings is 1. The maximum absolute atomic E-state index is 12.5. The normalized spacial score (nSPS) is 17.5. The SMILES string of the molecule is Cl.Cl.FC(F)(F)CC[C@H](c1cccnc1)N1CCNCC1. The van der Waals surface area contributed by atoms with Gasteiger partial charge in [0.25, 0.3) is 0 Å². The first kappa shape index (κ1) is 20.4. The van der Waals surface area contributed by atoms with Gasteiger partial charge in [0.1, 0.15) is 0 Å². The van der Waals surface area contributed by atoms with Crippen molar-refractivity contribution in [1.82, 2.24) is 15.2 Å². The number of rotatable bonds is 4. The summed E-state index contributed by atoms with van der Waals surface area (Å²) < 4.78 is 37.4. The molecule has 0 radical (unpaired) electrons. The van der Waals surface area contributed by atoms with E-state index in [4.69, 9.17) is 0 Å². The van der Waals surface area contributed by atoms with Gasteiger partial charge in [-0.15, -0.1) is 24.8 Å². The van der Waals surface area contributed by atoms with Crippen LogP contribution in [0.3, 0.4) is 0 Å². The fraction of sp³-hybridized carbons (Fsp3) is 0.615. The molecule has 0 unspecified atom stereocenters. The van der Waals surface area contributed by atoms with E-state index in [1.807, 2.05) is 6.07 Å². The second-order valence-electron chi connectivity index (χ2n) is 4.74. The number of hydrogen-bond acceptors (Lipinski definition) is 3. The monoisotopic (exact) mass is 345 g/mol. The summed E-state index contributed by atoms with van der Waals surface area (Å²) in [6.45, 7) is 3.19. The minimum atomic E-state index is -4.10. The fourth-order valence-electron chi connectivity index (χ4n) is 2.43. The van der Waals surface area contributed by atoms with Crippen molar-refractivity contribution in [3.05, 3.63) is 30.1 Å². The molecule has 1 N–H and O–H groups in total. The highest BCUT2D eigenvalue weighted by Crippen LogP contribution is 2.31. The molecule has 8 heteroatoms. The number of hydrogen-bond donors (Lipinski definition) is 1. The predicted octanol–water partition coefficient (Wildman–Crippen LogP) is 3.21. The van der Waals surface area contributed by atoms with E-state index < -0.39 is 12.6 Å². The van der Waals surface area contributed by atoms with Crippen LogP contribution in [-0.2, 0) is 0 Å². The Morgan fingerprint density at radius 2 is 1.90 bits per heavy atom. The molecule has 0 spiro atoms. The largest absolute Gasteiger partial charge is 0.389 e. The second kappa shape index (κ2) is 9.46. The van der Waals surface area contributed by atoms with Crippen LogP contribution in [0.1, 0.15) is 24.4 Å². The van der Waals surface area contributed by atoms with Crippen LogP contribution < -0.4 is 5.32 Å². The summed E-state index contributed by atoms with van der Waals surface area (Å²) in [5, 5.41) is 3.21. The third-order valence-electron chi connectivity index (χ3n) is 3.36. The Hall–Kier alpha value is -0.560. The van der Waals surface area contributed by atoms with Gasteiger partial charge >= 0.3 is 6.18 Å². The molecule has 0 aliphatic carbocycles. The van der Waals surface area contributed by atoms with Crippen molar-refractivity contribution in [2.75, 3.05) is 26.2 Å². The zero-order chi connectivity index (χ0) is 13.7. The van der Waals surface area contributed by atoms with E-state index in [1.165, 1.54) is 0 Å². The first-order chi connectivity index (χ1) is 9.06. The molecule has 2 heterocycles. The van der Waals surface area contributed by atoms with Gasteiger partial charge in [0.05, 0.1) is 0 Å². The Bertz CT molecular complexity index is 384. The molecule has 0 saturated carbocycles. The molecule has 0 bridgehead atoms. The van der Waals surface area contributed by atoms with Gasteiger partial charge in [-0.3, -0.25) is 9.88 Å². The first-order valence-corrected chi connectivity index (χ1v) is 6.48. The lowest BCUT2D eigenvalue weighted by Crippen LogP contribution is -2.45. The maximum atomic E-state index is 12.5. The second-order valence-corrected chi connectivity index (χ2v) is 4.74. The minimum absolute atomic E-state index is 0. The van der Waals surface area contributed by atoms with E-state index in [2.05, 4.69) is 15.2 Å². The molecule has 0 aromatic carbocycles. The number of halogens is 5.